The zero-order valence-electron chi connectivity index (χ0n) is 61.0. The zero-order chi connectivity index (χ0) is 71.6. The quantitative estimate of drug-likeness (QED) is 0.00988. The van der Waals surface area contributed by atoms with Crippen LogP contribution in [-0.4, -0.2) is 140 Å². The fourth-order valence-corrected chi connectivity index (χ4v) is 17.9. The molecule has 0 unspecified atom stereocenters. The van der Waals surface area contributed by atoms with Gasteiger partial charge in [-0.1, -0.05) is 189 Å². The second-order valence-electron chi connectivity index (χ2n) is 30.1. The van der Waals surface area contributed by atoms with Crippen LogP contribution in [0.4, 0.5) is 0 Å². The van der Waals surface area contributed by atoms with Crippen molar-refractivity contribution in [1.29, 1.82) is 0 Å². The Hall–Kier alpha value is -5.17. The van der Waals surface area contributed by atoms with Crippen molar-refractivity contribution in [2.75, 3.05) is 58.1 Å². The van der Waals surface area contributed by atoms with Crippen LogP contribution in [0.15, 0.2) is 109 Å². The molecule has 4 aliphatic rings. The maximum Gasteiger partial charge on any atom is 0.331 e. The summed E-state index contributed by atoms with van der Waals surface area (Å²) in [6.45, 7) is 34.3. The molecule has 0 saturated heterocycles. The molecule has 0 aromatic heterocycles. The highest BCUT2D eigenvalue weighted by Gasteiger charge is 2.71. The van der Waals surface area contributed by atoms with Crippen LogP contribution in [0.25, 0.3) is 0 Å². The molecule has 536 valence electrons. The summed E-state index contributed by atoms with van der Waals surface area (Å²) in [6, 6.07) is 0. The van der Waals surface area contributed by atoms with Crippen LogP contribution in [0.2, 0.25) is 36.3 Å². The van der Waals surface area contributed by atoms with E-state index in [1.807, 2.05) is 18.2 Å². The summed E-state index contributed by atoms with van der Waals surface area (Å²) in [5, 5.41) is 8.13. The Labute approximate surface area is 585 Å². The van der Waals surface area contributed by atoms with E-state index in [-0.39, 0.29) is 108 Å². The first-order valence-corrected chi connectivity index (χ1v) is 42.8. The number of esters is 3. The number of hydrogen-bond donors (Lipinski definition) is 3. The standard InChI is InChI=1S/C75H117N3O14S2Si2/c1-18-19-20-21-22-23-24-25-26-27-28-29-30-31-32-33-34-35-36-65(84)89-54-72(9,10)68(90-66(85)38-37-64(83)87-13)69(86)78-44-41-62(81)76-45-47-93-94-48-46-77-63(82)53-88-52-61(80)75(92-96(16,17)71(6,7)8)43-40-58-57-49-55(2)59-50-56(79)39-42-73(59,11)67(57)60(51-74(58,75)12)91-95(14,15)70(3,4)5/h19-20,22-23,25-26,28-29,31-32,34-35,37-39,42,50,55,57-58,60,67-68H,18,21,24,27,30,33,36,40-41,43-49,51-54H2,1-17H3,(H,76,81)(H,77,82)(H,78,86)/b20-19-,23-22-,26-25-,29-28-,32-31-,35-34-,38-37+/t55-,57-,58-,60-,67+,68-,73-,74-,75-/m0/s1. The Morgan fingerprint density at radius 3 is 1.80 bits per heavy atom. The number of nitrogens with one attached hydrogen (secondary N) is 3. The topological polar surface area (TPSA) is 228 Å². The Bertz CT molecular complexity index is 2930. The highest BCUT2D eigenvalue weighted by molar-refractivity contribution is 8.76. The summed E-state index contributed by atoms with van der Waals surface area (Å²) in [7, 11) is -0.779. The van der Waals surface area contributed by atoms with E-state index in [4.69, 9.17) is 23.1 Å². The van der Waals surface area contributed by atoms with Gasteiger partial charge in [0.2, 0.25) is 11.8 Å². The first-order chi connectivity index (χ1) is 45.0. The second kappa shape index (κ2) is 38.4. The molecular formula is C75H117N3O14S2Si2. The van der Waals surface area contributed by atoms with Crippen molar-refractivity contribution in [3.63, 3.8) is 0 Å². The summed E-state index contributed by atoms with van der Waals surface area (Å²) in [5.41, 5.74) is -2.18. The molecule has 3 saturated carbocycles. The van der Waals surface area contributed by atoms with Gasteiger partial charge in [-0.15, -0.1) is 0 Å². The van der Waals surface area contributed by atoms with Gasteiger partial charge >= 0.3 is 17.9 Å². The van der Waals surface area contributed by atoms with Crippen LogP contribution in [-0.2, 0) is 66.2 Å². The van der Waals surface area contributed by atoms with E-state index in [1.165, 1.54) is 27.2 Å². The SMILES string of the molecule is CC/C=C\C/C=C\C/C=C\C/C=C\C/C=C\C/C=C\CC(=O)OCC(C)(C)[C@@H](OC(=O)/C=C/C(=O)OC)C(=O)NCCC(=O)NCCSSCCNC(=O)COCC(=O)[C@@]1(O[Si](C)(C)C(C)(C)C)CC[C@H]2[C@@H]3C[C@H](C)C4=CC(=O)C=C[C@]4(C)[C@H]3[C@@H](O[Si](C)(C)C(C)(C)C)C[C@@]21C. The molecule has 0 aromatic carbocycles. The lowest BCUT2D eigenvalue weighted by molar-refractivity contribution is -0.175. The van der Waals surface area contributed by atoms with Gasteiger partial charge in [-0.25, -0.2) is 9.59 Å². The fourth-order valence-electron chi connectivity index (χ4n) is 13.1. The molecule has 0 aliphatic heterocycles. The van der Waals surface area contributed by atoms with Gasteiger partial charge in [-0.05, 0) is 136 Å². The van der Waals surface area contributed by atoms with E-state index in [9.17, 15) is 33.6 Å². The van der Waals surface area contributed by atoms with Gasteiger partial charge in [0.1, 0.15) is 25.4 Å². The minimum Gasteiger partial charge on any atom is -0.466 e. The largest absolute Gasteiger partial charge is 0.466 e. The molecule has 3 amide bonds. The highest BCUT2D eigenvalue weighted by atomic mass is 33.1. The summed E-state index contributed by atoms with van der Waals surface area (Å²) >= 11 is 0. The smallest absolute Gasteiger partial charge is 0.331 e. The number of carbonyl (C=O) groups excluding carboxylic acids is 8. The number of allylic oxidation sites excluding steroid dienone is 15. The van der Waals surface area contributed by atoms with E-state index in [0.29, 0.717) is 43.9 Å². The molecule has 4 aliphatic carbocycles. The molecule has 3 N–H and O–H groups in total. The number of fused-ring (bicyclic) bond motifs is 5. The average molecular weight is 1410 g/mol. The second-order valence-corrected chi connectivity index (χ2v) is 42.2. The molecule has 17 nitrogen and oxygen atoms in total. The molecule has 0 bridgehead atoms. The van der Waals surface area contributed by atoms with Gasteiger partial charge in [0.25, 0.3) is 5.91 Å². The van der Waals surface area contributed by atoms with E-state index >= 15 is 4.79 Å². The maximum absolute atomic E-state index is 15.3. The van der Waals surface area contributed by atoms with Crippen molar-refractivity contribution in [2.24, 2.45) is 39.9 Å². The number of amides is 3. The van der Waals surface area contributed by atoms with E-state index in [1.54, 1.807) is 26.0 Å². The first kappa shape index (κ1) is 83.3. The van der Waals surface area contributed by atoms with Gasteiger partial charge in [0, 0.05) is 72.1 Å². The first-order valence-electron chi connectivity index (χ1n) is 34.5. The predicted octanol–water partition coefficient (Wildman–Crippen LogP) is 14.3. The number of ketones is 2. The molecule has 0 aromatic rings. The van der Waals surface area contributed by atoms with Crippen molar-refractivity contribution < 1.29 is 66.2 Å². The van der Waals surface area contributed by atoms with Gasteiger partial charge in [0.05, 0.1) is 13.5 Å². The molecular weight excluding hydrogens is 1290 g/mol. The van der Waals surface area contributed by atoms with Crippen molar-refractivity contribution >= 4 is 85.4 Å². The van der Waals surface area contributed by atoms with Crippen molar-refractivity contribution in [1.82, 2.24) is 16.0 Å². The third kappa shape index (κ3) is 24.3. The van der Waals surface area contributed by atoms with Gasteiger partial charge in [-0.2, -0.15) is 0 Å². The highest BCUT2D eigenvalue weighted by Crippen LogP contribution is 2.70. The summed E-state index contributed by atoms with van der Waals surface area (Å²) in [4.78, 5) is 105. The van der Waals surface area contributed by atoms with Crippen LogP contribution >= 0.6 is 21.6 Å². The minimum absolute atomic E-state index is 0.0101. The lowest BCUT2D eigenvalue weighted by Gasteiger charge is -2.64. The predicted molar refractivity (Wildman–Crippen MR) is 393 cm³/mol. The van der Waals surface area contributed by atoms with Gasteiger partial charge < -0.3 is 43.7 Å². The minimum atomic E-state index is -2.60. The molecule has 9 atom stereocenters. The Kier molecular flexibility index (Phi) is 33.3. The molecule has 21 heteroatoms. The average Bonchev–Trinajstić information content (AvgIpc) is 1.41. The van der Waals surface area contributed by atoms with Crippen molar-refractivity contribution in [2.45, 2.75) is 214 Å². The number of Topliss-reactive ketones (excluding diaryl/α,β-unsaturated/α-hetero) is 1. The lowest BCUT2D eigenvalue weighted by atomic mass is 9.45. The number of ether oxygens (including phenoxy) is 4. The molecule has 4 rings (SSSR count). The monoisotopic (exact) mass is 1400 g/mol. The van der Waals surface area contributed by atoms with Crippen LogP contribution < -0.4 is 16.0 Å². The summed E-state index contributed by atoms with van der Waals surface area (Å²) in [5.74, 6) is -2.03. The third-order valence-corrected chi connectivity index (χ3v) is 31.7. The van der Waals surface area contributed by atoms with Crippen LogP contribution in [0.3, 0.4) is 0 Å². The third-order valence-electron chi connectivity index (χ3n) is 20.3. The van der Waals surface area contributed by atoms with Crippen molar-refractivity contribution in [3.8, 4) is 0 Å². The summed E-state index contributed by atoms with van der Waals surface area (Å²) < 4.78 is 36.8. The van der Waals surface area contributed by atoms with Gasteiger partial charge in [-0.3, -0.25) is 28.8 Å². The molecule has 0 heterocycles. The molecule has 0 spiro atoms. The lowest BCUT2D eigenvalue weighted by Crippen LogP contribution is -2.67. The molecule has 96 heavy (non-hydrogen) atoms. The van der Waals surface area contributed by atoms with Crippen LogP contribution in [0, 0.1) is 39.9 Å². The van der Waals surface area contributed by atoms with Gasteiger partial charge in [0.15, 0.2) is 34.3 Å². The zero-order valence-corrected chi connectivity index (χ0v) is 64.6. The molecule has 0 radical (unpaired) electrons. The summed E-state index contributed by atoms with van der Waals surface area (Å²) in [6.07, 6.45) is 38.7. The normalized spacial score (nSPS) is 24.4. The molecule has 3 fully saturated rings. The Balaban J connectivity index is 1.22. The maximum atomic E-state index is 15.3. The van der Waals surface area contributed by atoms with Crippen LogP contribution in [0.1, 0.15) is 160 Å². The van der Waals surface area contributed by atoms with E-state index < -0.39 is 63.0 Å². The van der Waals surface area contributed by atoms with Crippen LogP contribution in [0.5, 0.6) is 0 Å². The van der Waals surface area contributed by atoms with E-state index in [2.05, 4.69) is 177 Å². The number of methoxy groups -OCH3 is 1. The Morgan fingerprint density at radius 1 is 0.708 bits per heavy atom. The Morgan fingerprint density at radius 2 is 1.25 bits per heavy atom. The number of carbonyl (C=O) groups is 8. The fraction of sp³-hybridized carbons (Fsp3) is 0.653. The number of hydrogen-bond acceptors (Lipinski definition) is 16. The number of rotatable bonds is 39. The van der Waals surface area contributed by atoms with E-state index in [0.717, 1.165) is 64.2 Å². The van der Waals surface area contributed by atoms with Crippen molar-refractivity contribution in [3.05, 3.63) is 109 Å².